The summed E-state index contributed by atoms with van der Waals surface area (Å²) in [6.45, 7) is 10.5. The van der Waals surface area contributed by atoms with Crippen LogP contribution < -0.4 is 0 Å². The highest BCUT2D eigenvalue weighted by atomic mass is 16.1. The highest BCUT2D eigenvalue weighted by molar-refractivity contribution is 5.75. The lowest BCUT2D eigenvalue weighted by Gasteiger charge is -2.02. The van der Waals surface area contributed by atoms with Gasteiger partial charge in [-0.2, -0.15) is 0 Å². The van der Waals surface area contributed by atoms with Crippen LogP contribution in [0.15, 0.2) is 47.1 Å². The molecule has 0 atom stereocenters. The molecule has 0 saturated heterocycles. The van der Waals surface area contributed by atoms with Crippen LogP contribution in [0, 0.1) is 0 Å². The maximum Gasteiger partial charge on any atom is 0.130 e. The molecule has 1 heteroatoms. The van der Waals surface area contributed by atoms with Crippen molar-refractivity contribution in [1.82, 2.24) is 0 Å². The third-order valence-electron chi connectivity index (χ3n) is 4.16. The van der Waals surface area contributed by atoms with Crippen LogP contribution in [0.5, 0.6) is 0 Å². The zero-order valence-corrected chi connectivity index (χ0v) is 16.7. The molecule has 136 valence electrons. The fraction of sp³-hybridized carbons (Fsp3) is 0.609. The zero-order chi connectivity index (χ0) is 18.2. The van der Waals surface area contributed by atoms with Crippen LogP contribution in [-0.2, 0) is 4.79 Å². The average molecular weight is 331 g/mol. The van der Waals surface area contributed by atoms with Crippen LogP contribution in [-0.4, -0.2) is 5.78 Å². The number of hydrogen-bond donors (Lipinski definition) is 0. The highest BCUT2D eigenvalue weighted by Crippen LogP contribution is 2.13. The predicted octanol–water partition coefficient (Wildman–Crippen LogP) is 7.50. The van der Waals surface area contributed by atoms with E-state index in [4.69, 9.17) is 0 Å². The predicted molar refractivity (Wildman–Crippen MR) is 108 cm³/mol. The van der Waals surface area contributed by atoms with Gasteiger partial charge in [0, 0.05) is 6.42 Å². The molecule has 0 heterocycles. The van der Waals surface area contributed by atoms with Crippen molar-refractivity contribution in [2.45, 2.75) is 92.4 Å². The zero-order valence-electron chi connectivity index (χ0n) is 16.7. The molecule has 0 aliphatic heterocycles. The van der Waals surface area contributed by atoms with Crippen LogP contribution >= 0.6 is 0 Å². The second-order valence-corrected chi connectivity index (χ2v) is 6.89. The minimum Gasteiger partial charge on any atom is -0.300 e. The summed E-state index contributed by atoms with van der Waals surface area (Å²) < 4.78 is 0. The maximum absolute atomic E-state index is 10.9. The third kappa shape index (κ3) is 15.5. The van der Waals surface area contributed by atoms with Gasteiger partial charge in [-0.05, 0) is 79.1 Å². The van der Waals surface area contributed by atoms with Gasteiger partial charge >= 0.3 is 0 Å². The summed E-state index contributed by atoms with van der Waals surface area (Å²) in [6.07, 6.45) is 21.1. The molecule has 0 aliphatic carbocycles. The first-order valence-corrected chi connectivity index (χ1v) is 9.57. The van der Waals surface area contributed by atoms with E-state index in [1.807, 2.05) is 0 Å². The van der Waals surface area contributed by atoms with Gasteiger partial charge in [-0.15, -0.1) is 0 Å². The van der Waals surface area contributed by atoms with Crippen molar-refractivity contribution in [3.63, 3.8) is 0 Å². The van der Waals surface area contributed by atoms with Gasteiger partial charge in [-0.1, -0.05) is 54.0 Å². The molecule has 0 radical (unpaired) electrons. The Morgan fingerprint density at radius 1 is 0.625 bits per heavy atom. The number of allylic oxidation sites excluding steroid dienone is 8. The van der Waals surface area contributed by atoms with Crippen molar-refractivity contribution in [3.8, 4) is 0 Å². The van der Waals surface area contributed by atoms with E-state index in [9.17, 15) is 4.79 Å². The molecule has 0 bridgehead atoms. The van der Waals surface area contributed by atoms with E-state index in [0.717, 1.165) is 38.5 Å². The van der Waals surface area contributed by atoms with Crippen LogP contribution in [0.4, 0.5) is 0 Å². The topological polar surface area (TPSA) is 17.1 Å². The van der Waals surface area contributed by atoms with E-state index < -0.39 is 0 Å². The molecule has 0 aromatic rings. The summed E-state index contributed by atoms with van der Waals surface area (Å²) in [6, 6.07) is 0. The van der Waals surface area contributed by atoms with Gasteiger partial charge in [-0.3, -0.25) is 0 Å². The summed E-state index contributed by atoms with van der Waals surface area (Å²) in [5, 5.41) is 0. The van der Waals surface area contributed by atoms with Gasteiger partial charge in [0.2, 0.25) is 0 Å². The average Bonchev–Trinajstić information content (AvgIpc) is 2.51. The van der Waals surface area contributed by atoms with Crippen LogP contribution in [0.3, 0.4) is 0 Å². The van der Waals surface area contributed by atoms with E-state index in [1.54, 1.807) is 6.92 Å². The third-order valence-corrected chi connectivity index (χ3v) is 4.16. The molecule has 0 amide bonds. The molecule has 0 unspecified atom stereocenters. The first-order chi connectivity index (χ1) is 11.5. The fourth-order valence-corrected chi connectivity index (χ4v) is 2.52. The van der Waals surface area contributed by atoms with Crippen molar-refractivity contribution in [2.75, 3.05) is 0 Å². The first kappa shape index (κ1) is 22.6. The van der Waals surface area contributed by atoms with E-state index in [-0.39, 0.29) is 5.78 Å². The second-order valence-electron chi connectivity index (χ2n) is 6.89. The SMILES string of the molecule is CCC=CCCC(C)=CCCC(C)=CCCC(C)=CCCC(C)=O. The van der Waals surface area contributed by atoms with Crippen molar-refractivity contribution >= 4 is 5.78 Å². The van der Waals surface area contributed by atoms with Crippen molar-refractivity contribution < 1.29 is 4.79 Å². The van der Waals surface area contributed by atoms with Crippen molar-refractivity contribution in [1.29, 1.82) is 0 Å². The highest BCUT2D eigenvalue weighted by Gasteiger charge is 1.94. The maximum atomic E-state index is 10.9. The molecule has 1 nitrogen and oxygen atoms in total. The molecule has 0 saturated carbocycles. The number of Topliss-reactive ketones (excluding diaryl/α,β-unsaturated/α-hetero) is 1. The number of carbonyl (C=O) groups excluding carboxylic acids is 1. The van der Waals surface area contributed by atoms with Crippen LogP contribution in [0.1, 0.15) is 92.4 Å². The van der Waals surface area contributed by atoms with E-state index in [0.29, 0.717) is 6.42 Å². The molecular formula is C23H38O. The smallest absolute Gasteiger partial charge is 0.130 e. The first-order valence-electron chi connectivity index (χ1n) is 9.57. The molecule has 24 heavy (non-hydrogen) atoms. The Kier molecular flexibility index (Phi) is 14.3. The largest absolute Gasteiger partial charge is 0.300 e. The fourth-order valence-electron chi connectivity index (χ4n) is 2.52. The minimum absolute atomic E-state index is 0.277. The lowest BCUT2D eigenvalue weighted by Crippen LogP contribution is -1.87. The monoisotopic (exact) mass is 330 g/mol. The van der Waals surface area contributed by atoms with Crippen LogP contribution in [0.25, 0.3) is 0 Å². The van der Waals surface area contributed by atoms with Gasteiger partial charge < -0.3 is 4.79 Å². The van der Waals surface area contributed by atoms with E-state index >= 15 is 0 Å². The summed E-state index contributed by atoms with van der Waals surface area (Å²) >= 11 is 0. The number of carbonyl (C=O) groups is 1. The summed E-state index contributed by atoms with van der Waals surface area (Å²) in [7, 11) is 0. The van der Waals surface area contributed by atoms with Gasteiger partial charge in [0.25, 0.3) is 0 Å². The number of hydrogen-bond acceptors (Lipinski definition) is 1. The Labute approximate surface area is 150 Å². The van der Waals surface area contributed by atoms with Gasteiger partial charge in [0.15, 0.2) is 0 Å². The van der Waals surface area contributed by atoms with Gasteiger partial charge in [0.05, 0.1) is 0 Å². The molecule has 0 aliphatic rings. The molecular weight excluding hydrogens is 292 g/mol. The number of rotatable bonds is 13. The Balaban J connectivity index is 3.94. The quantitative estimate of drug-likeness (QED) is 0.319. The summed E-state index contributed by atoms with van der Waals surface area (Å²) in [5.41, 5.74) is 4.39. The number of ketones is 1. The Hall–Kier alpha value is -1.37. The summed E-state index contributed by atoms with van der Waals surface area (Å²) in [4.78, 5) is 10.9. The Morgan fingerprint density at radius 2 is 1.04 bits per heavy atom. The molecule has 0 aromatic heterocycles. The van der Waals surface area contributed by atoms with E-state index in [2.05, 4.69) is 58.1 Å². The Morgan fingerprint density at radius 3 is 1.46 bits per heavy atom. The lowest BCUT2D eigenvalue weighted by atomic mass is 10.0. The molecule has 0 fully saturated rings. The van der Waals surface area contributed by atoms with Crippen LogP contribution in [0.2, 0.25) is 0 Å². The van der Waals surface area contributed by atoms with Crippen molar-refractivity contribution in [2.24, 2.45) is 0 Å². The Bertz CT molecular complexity index is 460. The second kappa shape index (κ2) is 15.2. The normalized spacial score (nSPS) is 13.8. The molecule has 0 aromatic carbocycles. The standard InChI is InChI=1S/C23H38O/c1-6-7-8-9-13-20(2)14-10-15-21(3)16-11-17-22(4)18-12-19-23(5)24/h7-8,14,16,18H,6,9-13,15,17,19H2,1-5H3. The van der Waals surface area contributed by atoms with Crippen molar-refractivity contribution in [3.05, 3.63) is 47.1 Å². The summed E-state index contributed by atoms with van der Waals surface area (Å²) in [5.74, 6) is 0.277. The van der Waals surface area contributed by atoms with E-state index in [1.165, 1.54) is 29.6 Å². The molecule has 0 rings (SSSR count). The molecule has 0 spiro atoms. The van der Waals surface area contributed by atoms with Gasteiger partial charge in [-0.25, -0.2) is 0 Å². The van der Waals surface area contributed by atoms with Gasteiger partial charge in [0.1, 0.15) is 5.78 Å². The minimum atomic E-state index is 0.277. The lowest BCUT2D eigenvalue weighted by molar-refractivity contribution is -0.116. The molecule has 0 N–H and O–H groups in total.